The second-order valence-corrected chi connectivity index (χ2v) is 5.16. The molecule has 0 aliphatic rings. The number of hydrogen-bond acceptors (Lipinski definition) is 1. The van der Waals surface area contributed by atoms with E-state index in [4.69, 9.17) is 11.6 Å². The monoisotopic (exact) mass is 259 g/mol. The first-order valence-corrected chi connectivity index (χ1v) is 6.62. The molecular formula is C16H18ClN. The molecule has 1 nitrogen and oxygen atoms in total. The fraction of sp³-hybridized carbons (Fsp3) is 0.250. The predicted octanol–water partition coefficient (Wildman–Crippen LogP) is 4.59. The van der Waals surface area contributed by atoms with Gasteiger partial charge in [0, 0.05) is 12.2 Å². The summed E-state index contributed by atoms with van der Waals surface area (Å²) >= 11 is 6.31. The van der Waals surface area contributed by atoms with Crippen molar-refractivity contribution in [1.29, 1.82) is 0 Å². The zero-order valence-electron chi connectivity index (χ0n) is 10.8. The van der Waals surface area contributed by atoms with Crippen LogP contribution in [0.2, 0.25) is 0 Å². The highest BCUT2D eigenvalue weighted by molar-refractivity contribution is 6.21. The molecule has 0 N–H and O–H groups in total. The van der Waals surface area contributed by atoms with Crippen LogP contribution >= 0.6 is 11.6 Å². The molecule has 1 atom stereocenters. The van der Waals surface area contributed by atoms with E-state index in [1.165, 1.54) is 16.8 Å². The van der Waals surface area contributed by atoms with Gasteiger partial charge in [-0.2, -0.15) is 0 Å². The van der Waals surface area contributed by atoms with E-state index in [-0.39, 0.29) is 5.50 Å². The molecule has 0 saturated carbocycles. The molecule has 0 aliphatic heterocycles. The first-order valence-electron chi connectivity index (χ1n) is 6.18. The van der Waals surface area contributed by atoms with Crippen LogP contribution in [0.25, 0.3) is 0 Å². The largest absolute Gasteiger partial charge is 0.351 e. The van der Waals surface area contributed by atoms with Crippen LogP contribution in [0.3, 0.4) is 0 Å². The molecular weight excluding hydrogens is 242 g/mol. The third-order valence-electron chi connectivity index (χ3n) is 2.96. The van der Waals surface area contributed by atoms with Crippen molar-refractivity contribution in [3.8, 4) is 0 Å². The Balaban J connectivity index is 2.24. The van der Waals surface area contributed by atoms with Gasteiger partial charge >= 0.3 is 0 Å². The molecule has 0 heterocycles. The number of hydrogen-bond donors (Lipinski definition) is 0. The third kappa shape index (κ3) is 3.27. The van der Waals surface area contributed by atoms with Crippen molar-refractivity contribution in [3.05, 3.63) is 65.7 Å². The molecule has 0 spiro atoms. The lowest BCUT2D eigenvalue weighted by atomic mass is 10.1. The van der Waals surface area contributed by atoms with Crippen LogP contribution in [0.5, 0.6) is 0 Å². The molecule has 0 radical (unpaired) electrons. The molecule has 2 aromatic carbocycles. The minimum absolute atomic E-state index is 0.0352. The average Bonchev–Trinajstić information content (AvgIpc) is 2.37. The number of aryl methyl sites for hydroxylation is 1. The highest BCUT2D eigenvalue weighted by Gasteiger charge is 2.12. The van der Waals surface area contributed by atoms with E-state index in [1.807, 2.05) is 13.0 Å². The van der Waals surface area contributed by atoms with E-state index >= 15 is 0 Å². The van der Waals surface area contributed by atoms with Crippen LogP contribution in [0, 0.1) is 6.92 Å². The minimum Gasteiger partial charge on any atom is -0.351 e. The van der Waals surface area contributed by atoms with Crippen molar-refractivity contribution in [2.24, 2.45) is 0 Å². The number of anilines is 1. The Labute approximate surface area is 114 Å². The Kier molecular flexibility index (Phi) is 4.27. The molecule has 1 unspecified atom stereocenters. The molecule has 0 aromatic heterocycles. The van der Waals surface area contributed by atoms with Gasteiger partial charge < -0.3 is 4.90 Å². The fourth-order valence-corrected chi connectivity index (χ4v) is 2.19. The molecule has 0 fully saturated rings. The van der Waals surface area contributed by atoms with Crippen molar-refractivity contribution in [2.75, 3.05) is 4.90 Å². The Morgan fingerprint density at radius 1 is 1.06 bits per heavy atom. The van der Waals surface area contributed by atoms with Gasteiger partial charge in [0.2, 0.25) is 0 Å². The molecule has 2 aromatic rings. The van der Waals surface area contributed by atoms with Crippen molar-refractivity contribution in [3.63, 3.8) is 0 Å². The molecule has 0 bridgehead atoms. The molecule has 18 heavy (non-hydrogen) atoms. The molecule has 0 amide bonds. The normalized spacial score (nSPS) is 12.2. The van der Waals surface area contributed by atoms with Crippen molar-refractivity contribution in [1.82, 2.24) is 0 Å². The second kappa shape index (κ2) is 5.92. The minimum atomic E-state index is -0.0352. The summed E-state index contributed by atoms with van der Waals surface area (Å²) in [5.41, 5.74) is 3.66. The first-order chi connectivity index (χ1) is 8.66. The Morgan fingerprint density at radius 3 is 2.39 bits per heavy atom. The quantitative estimate of drug-likeness (QED) is 0.574. The van der Waals surface area contributed by atoms with Crippen molar-refractivity contribution < 1.29 is 0 Å². The van der Waals surface area contributed by atoms with Crippen LogP contribution in [0.4, 0.5) is 5.69 Å². The van der Waals surface area contributed by atoms with Crippen LogP contribution in [-0.2, 0) is 6.54 Å². The summed E-state index contributed by atoms with van der Waals surface area (Å²) in [5.74, 6) is 0. The van der Waals surface area contributed by atoms with Gasteiger partial charge in [-0.25, -0.2) is 0 Å². The fourth-order valence-electron chi connectivity index (χ4n) is 2.01. The van der Waals surface area contributed by atoms with Gasteiger partial charge in [0.1, 0.15) is 5.50 Å². The van der Waals surface area contributed by atoms with Crippen LogP contribution < -0.4 is 4.90 Å². The highest BCUT2D eigenvalue weighted by atomic mass is 35.5. The summed E-state index contributed by atoms with van der Waals surface area (Å²) in [4.78, 5) is 2.20. The maximum absolute atomic E-state index is 6.31. The summed E-state index contributed by atoms with van der Waals surface area (Å²) < 4.78 is 0. The highest BCUT2D eigenvalue weighted by Crippen LogP contribution is 2.22. The van der Waals surface area contributed by atoms with Crippen LogP contribution in [-0.4, -0.2) is 5.50 Å². The Morgan fingerprint density at radius 2 is 1.78 bits per heavy atom. The average molecular weight is 260 g/mol. The van der Waals surface area contributed by atoms with E-state index in [0.717, 1.165) is 6.54 Å². The number of nitrogens with zero attached hydrogens (tertiary/aromatic N) is 1. The van der Waals surface area contributed by atoms with Crippen molar-refractivity contribution in [2.45, 2.75) is 25.9 Å². The van der Waals surface area contributed by atoms with Gasteiger partial charge in [0.05, 0.1) is 0 Å². The molecule has 94 valence electrons. The van der Waals surface area contributed by atoms with E-state index in [9.17, 15) is 0 Å². The maximum Gasteiger partial charge on any atom is 0.101 e. The zero-order chi connectivity index (χ0) is 13.0. The second-order valence-electron chi connectivity index (χ2n) is 4.53. The number of alkyl halides is 1. The van der Waals surface area contributed by atoms with E-state index in [2.05, 4.69) is 60.4 Å². The van der Waals surface area contributed by atoms with E-state index < -0.39 is 0 Å². The van der Waals surface area contributed by atoms with Crippen LogP contribution in [0.15, 0.2) is 54.6 Å². The van der Waals surface area contributed by atoms with Crippen molar-refractivity contribution >= 4 is 17.3 Å². The van der Waals surface area contributed by atoms with Gasteiger partial charge in [-0.05, 0) is 37.1 Å². The number of rotatable bonds is 4. The Bertz CT molecular complexity index is 493. The SMILES string of the molecule is Cc1cccc(N(Cc2ccccc2)C(C)Cl)c1. The van der Waals surface area contributed by atoms with Gasteiger partial charge in [-0.1, -0.05) is 54.1 Å². The predicted molar refractivity (Wildman–Crippen MR) is 79.1 cm³/mol. The molecule has 0 saturated heterocycles. The molecule has 2 heteroatoms. The summed E-state index contributed by atoms with van der Waals surface area (Å²) in [7, 11) is 0. The summed E-state index contributed by atoms with van der Waals surface area (Å²) in [6, 6.07) is 18.8. The topological polar surface area (TPSA) is 3.24 Å². The molecule has 2 rings (SSSR count). The van der Waals surface area contributed by atoms with Gasteiger partial charge in [0.15, 0.2) is 0 Å². The number of benzene rings is 2. The van der Waals surface area contributed by atoms with Crippen LogP contribution in [0.1, 0.15) is 18.1 Å². The zero-order valence-corrected chi connectivity index (χ0v) is 11.6. The maximum atomic E-state index is 6.31. The number of halogens is 1. The lowest BCUT2D eigenvalue weighted by molar-refractivity contribution is 0.783. The standard InChI is InChI=1S/C16H18ClN/c1-13-7-6-10-16(11-13)18(14(2)17)12-15-8-4-3-5-9-15/h3-11,14H,12H2,1-2H3. The first kappa shape index (κ1) is 13.0. The molecule has 0 aliphatic carbocycles. The van der Waals surface area contributed by atoms with Gasteiger partial charge in [-0.3, -0.25) is 0 Å². The summed E-state index contributed by atoms with van der Waals surface area (Å²) in [6.45, 7) is 4.94. The summed E-state index contributed by atoms with van der Waals surface area (Å²) in [5, 5.41) is 0. The van der Waals surface area contributed by atoms with E-state index in [1.54, 1.807) is 0 Å². The van der Waals surface area contributed by atoms with Gasteiger partial charge in [0.25, 0.3) is 0 Å². The van der Waals surface area contributed by atoms with Gasteiger partial charge in [-0.15, -0.1) is 0 Å². The Hall–Kier alpha value is -1.47. The van der Waals surface area contributed by atoms with E-state index in [0.29, 0.717) is 0 Å². The lowest BCUT2D eigenvalue weighted by Crippen LogP contribution is -2.28. The smallest absolute Gasteiger partial charge is 0.101 e. The summed E-state index contributed by atoms with van der Waals surface area (Å²) in [6.07, 6.45) is 0. The third-order valence-corrected chi connectivity index (χ3v) is 3.19. The lowest BCUT2D eigenvalue weighted by Gasteiger charge is -2.28.